The third-order valence-corrected chi connectivity index (χ3v) is 2.03. The van der Waals surface area contributed by atoms with Crippen molar-refractivity contribution in [3.05, 3.63) is 11.2 Å². The Kier molecular flexibility index (Phi) is 4.32. The quantitative estimate of drug-likeness (QED) is 0.442. The predicted molar refractivity (Wildman–Crippen MR) is 54.6 cm³/mol. The average Bonchev–Trinajstić information content (AvgIpc) is 2.14. The van der Waals surface area contributed by atoms with Crippen molar-refractivity contribution in [3.63, 3.8) is 0 Å². The smallest absolute Gasteiger partial charge is 0.218 e. The van der Waals surface area contributed by atoms with E-state index in [4.69, 9.17) is 16.3 Å². The number of hydrogen-bond donors (Lipinski definition) is 0. The Balaban J connectivity index is 2.76. The molecule has 72 valence electrons. The van der Waals surface area contributed by atoms with E-state index in [0.717, 1.165) is 6.42 Å². The molecule has 0 amide bonds. The van der Waals surface area contributed by atoms with Gasteiger partial charge >= 0.3 is 0 Å². The molecule has 1 aromatic heterocycles. The highest BCUT2D eigenvalue weighted by molar-refractivity contribution is 7.98. The van der Waals surface area contributed by atoms with Crippen LogP contribution in [0.4, 0.5) is 0 Å². The largest absolute Gasteiger partial charge is 0.478 e. The van der Waals surface area contributed by atoms with Crippen LogP contribution >= 0.6 is 23.4 Å². The van der Waals surface area contributed by atoms with Crippen LogP contribution in [-0.4, -0.2) is 22.8 Å². The molecule has 0 saturated carbocycles. The second-order valence-corrected chi connectivity index (χ2v) is 3.52. The number of hydrogen-bond acceptors (Lipinski definition) is 4. The van der Waals surface area contributed by atoms with E-state index in [-0.39, 0.29) is 0 Å². The summed E-state index contributed by atoms with van der Waals surface area (Å²) in [6, 6.07) is 1.62. The van der Waals surface area contributed by atoms with Crippen LogP contribution in [0.5, 0.6) is 5.88 Å². The Hall–Kier alpha value is -0.480. The lowest BCUT2D eigenvalue weighted by Crippen LogP contribution is -1.99. The Labute approximate surface area is 86.9 Å². The third kappa shape index (κ3) is 3.40. The van der Waals surface area contributed by atoms with Crippen LogP contribution < -0.4 is 4.74 Å². The number of ether oxygens (including phenoxy) is 1. The minimum Gasteiger partial charge on any atom is -0.478 e. The van der Waals surface area contributed by atoms with Gasteiger partial charge in [-0.2, -0.15) is 4.98 Å². The van der Waals surface area contributed by atoms with E-state index in [9.17, 15) is 0 Å². The highest BCUT2D eigenvalue weighted by Gasteiger charge is 2.02. The maximum atomic E-state index is 5.76. The maximum absolute atomic E-state index is 5.76. The molecule has 5 heteroatoms. The number of thioether (sulfide) groups is 1. The molecular formula is C8H11ClN2OS. The summed E-state index contributed by atoms with van der Waals surface area (Å²) in [5.74, 6) is 0.547. The summed E-state index contributed by atoms with van der Waals surface area (Å²) >= 11 is 7.21. The average molecular weight is 219 g/mol. The van der Waals surface area contributed by atoms with E-state index in [1.807, 2.05) is 13.2 Å². The van der Waals surface area contributed by atoms with Crippen LogP contribution in [0.3, 0.4) is 0 Å². The third-order valence-electron chi connectivity index (χ3n) is 1.29. The standard InChI is InChI=1S/C8H11ClN2OS/c1-3-4-12-7-5-6(9)10-8(11-7)13-2/h5H,3-4H2,1-2H3. The molecule has 0 fully saturated rings. The Morgan fingerprint density at radius 1 is 1.54 bits per heavy atom. The summed E-state index contributed by atoms with van der Waals surface area (Å²) in [6.45, 7) is 2.69. The molecule has 3 nitrogen and oxygen atoms in total. The van der Waals surface area contributed by atoms with Gasteiger partial charge in [0.1, 0.15) is 5.15 Å². The van der Waals surface area contributed by atoms with Crippen molar-refractivity contribution in [2.24, 2.45) is 0 Å². The first-order chi connectivity index (χ1) is 6.26. The van der Waals surface area contributed by atoms with Crippen molar-refractivity contribution in [2.45, 2.75) is 18.5 Å². The SMILES string of the molecule is CCCOc1cc(Cl)nc(SC)n1. The van der Waals surface area contributed by atoms with Crippen LogP contribution in [0.2, 0.25) is 5.15 Å². The molecule has 13 heavy (non-hydrogen) atoms. The Morgan fingerprint density at radius 2 is 2.31 bits per heavy atom. The van der Waals surface area contributed by atoms with Crippen molar-refractivity contribution in [2.75, 3.05) is 12.9 Å². The second-order valence-electron chi connectivity index (χ2n) is 2.36. The van der Waals surface area contributed by atoms with Gasteiger partial charge in [0, 0.05) is 6.07 Å². The summed E-state index contributed by atoms with van der Waals surface area (Å²) in [4.78, 5) is 8.13. The molecule has 0 aliphatic heterocycles. The van der Waals surface area contributed by atoms with E-state index in [1.165, 1.54) is 11.8 Å². The first kappa shape index (κ1) is 10.6. The maximum Gasteiger partial charge on any atom is 0.218 e. The van der Waals surface area contributed by atoms with Gasteiger partial charge in [0.15, 0.2) is 5.16 Å². The highest BCUT2D eigenvalue weighted by Crippen LogP contribution is 2.18. The molecule has 0 aromatic carbocycles. The van der Waals surface area contributed by atoms with Gasteiger partial charge in [-0.05, 0) is 12.7 Å². The van der Waals surface area contributed by atoms with Gasteiger partial charge in [-0.25, -0.2) is 4.98 Å². The Bertz CT molecular complexity index is 283. The molecule has 0 atom stereocenters. The van der Waals surface area contributed by atoms with Crippen LogP contribution in [0.15, 0.2) is 11.2 Å². The van der Waals surface area contributed by atoms with E-state index in [2.05, 4.69) is 9.97 Å². The van der Waals surface area contributed by atoms with E-state index in [1.54, 1.807) is 6.07 Å². The first-order valence-corrected chi connectivity index (χ1v) is 5.58. The topological polar surface area (TPSA) is 35.0 Å². The first-order valence-electron chi connectivity index (χ1n) is 3.97. The van der Waals surface area contributed by atoms with Crippen LogP contribution in [0.25, 0.3) is 0 Å². The summed E-state index contributed by atoms with van der Waals surface area (Å²) < 4.78 is 5.33. The monoisotopic (exact) mass is 218 g/mol. The number of halogens is 1. The summed E-state index contributed by atoms with van der Waals surface area (Å²) in [5.41, 5.74) is 0. The number of nitrogens with zero attached hydrogens (tertiary/aromatic N) is 2. The molecule has 0 aliphatic carbocycles. The van der Waals surface area contributed by atoms with Gasteiger partial charge in [0.25, 0.3) is 0 Å². The van der Waals surface area contributed by atoms with Gasteiger partial charge in [-0.15, -0.1) is 0 Å². The zero-order valence-electron chi connectivity index (χ0n) is 7.58. The van der Waals surface area contributed by atoms with Gasteiger partial charge in [-0.1, -0.05) is 30.3 Å². The lowest BCUT2D eigenvalue weighted by Gasteiger charge is -2.04. The zero-order chi connectivity index (χ0) is 9.68. The molecule has 0 saturated heterocycles. The zero-order valence-corrected chi connectivity index (χ0v) is 9.15. The molecule has 0 aliphatic rings. The Morgan fingerprint density at radius 3 is 2.92 bits per heavy atom. The second kappa shape index (κ2) is 5.29. The minimum absolute atomic E-state index is 0.422. The molecule has 0 spiro atoms. The summed E-state index contributed by atoms with van der Waals surface area (Å²) in [6.07, 6.45) is 2.85. The van der Waals surface area contributed by atoms with Gasteiger partial charge < -0.3 is 4.74 Å². The van der Waals surface area contributed by atoms with Gasteiger partial charge in [0.05, 0.1) is 6.61 Å². The van der Waals surface area contributed by atoms with Gasteiger partial charge in [-0.3, -0.25) is 0 Å². The van der Waals surface area contributed by atoms with Crippen molar-refractivity contribution < 1.29 is 4.74 Å². The molecule has 0 bridgehead atoms. The fourth-order valence-electron chi connectivity index (χ4n) is 0.749. The lowest BCUT2D eigenvalue weighted by atomic mass is 10.5. The molecule has 0 radical (unpaired) electrons. The fourth-order valence-corrected chi connectivity index (χ4v) is 1.34. The summed E-state index contributed by atoms with van der Waals surface area (Å²) in [7, 11) is 0. The van der Waals surface area contributed by atoms with E-state index < -0.39 is 0 Å². The van der Waals surface area contributed by atoms with Crippen molar-refractivity contribution in [1.29, 1.82) is 0 Å². The molecule has 1 rings (SSSR count). The molecule has 0 unspecified atom stereocenters. The molecule has 1 aromatic rings. The van der Waals surface area contributed by atoms with E-state index in [0.29, 0.717) is 22.8 Å². The van der Waals surface area contributed by atoms with Crippen LogP contribution in [-0.2, 0) is 0 Å². The predicted octanol–water partition coefficient (Wildman–Crippen LogP) is 2.64. The molecule has 0 N–H and O–H groups in total. The lowest BCUT2D eigenvalue weighted by molar-refractivity contribution is 0.302. The van der Waals surface area contributed by atoms with Crippen molar-refractivity contribution in [1.82, 2.24) is 9.97 Å². The normalized spacial score (nSPS) is 10.1. The highest BCUT2D eigenvalue weighted by atomic mass is 35.5. The van der Waals surface area contributed by atoms with Gasteiger partial charge in [0.2, 0.25) is 5.88 Å². The van der Waals surface area contributed by atoms with Crippen molar-refractivity contribution >= 4 is 23.4 Å². The van der Waals surface area contributed by atoms with Crippen LogP contribution in [0.1, 0.15) is 13.3 Å². The van der Waals surface area contributed by atoms with E-state index >= 15 is 0 Å². The van der Waals surface area contributed by atoms with Crippen LogP contribution in [0, 0.1) is 0 Å². The van der Waals surface area contributed by atoms with Crippen molar-refractivity contribution in [3.8, 4) is 5.88 Å². The number of rotatable bonds is 4. The minimum atomic E-state index is 0.422. The summed E-state index contributed by atoms with van der Waals surface area (Å²) in [5, 5.41) is 1.06. The molecular weight excluding hydrogens is 208 g/mol. The number of aromatic nitrogens is 2. The molecule has 1 heterocycles. The fraction of sp³-hybridized carbons (Fsp3) is 0.500.